The lowest BCUT2D eigenvalue weighted by Crippen LogP contribution is -2.13. The number of hydrogen-bond donors (Lipinski definition) is 1. The first-order valence-electron chi connectivity index (χ1n) is 7.78. The van der Waals surface area contributed by atoms with Crippen LogP contribution in [0.1, 0.15) is 32.3 Å². The van der Waals surface area contributed by atoms with Crippen molar-refractivity contribution in [2.75, 3.05) is 5.32 Å². The Hall–Kier alpha value is -2.29. The van der Waals surface area contributed by atoms with Crippen LogP contribution in [-0.2, 0) is 11.2 Å². The van der Waals surface area contributed by atoms with Crippen molar-refractivity contribution in [3.05, 3.63) is 60.2 Å². The first-order chi connectivity index (χ1) is 10.7. The number of carbonyl (C=O) groups excluding carboxylic acids is 1. The monoisotopic (exact) mass is 297 g/mol. The highest BCUT2D eigenvalue weighted by molar-refractivity contribution is 5.91. The van der Waals surface area contributed by atoms with E-state index in [1.54, 1.807) is 0 Å². The molecule has 2 rings (SSSR count). The average molecular weight is 297 g/mol. The van der Waals surface area contributed by atoms with Gasteiger partial charge in [-0.25, -0.2) is 0 Å². The Morgan fingerprint density at radius 3 is 2.64 bits per heavy atom. The maximum absolute atomic E-state index is 12.0. The molecule has 116 valence electrons. The van der Waals surface area contributed by atoms with Gasteiger partial charge in [0.2, 0.25) is 5.91 Å². The number of nitrogens with one attached hydrogen (secondary N) is 1. The number of amides is 1. The minimum absolute atomic E-state index is 0.0181. The zero-order chi connectivity index (χ0) is 15.8. The van der Waals surface area contributed by atoms with Crippen LogP contribution in [0.2, 0.25) is 0 Å². The van der Waals surface area contributed by atoms with Gasteiger partial charge in [-0.05, 0) is 37.5 Å². The van der Waals surface area contributed by atoms with Crippen molar-refractivity contribution in [2.45, 2.75) is 39.2 Å². The molecular weight excluding hydrogens is 274 g/mol. The predicted octanol–water partition coefficient (Wildman–Crippen LogP) is 4.44. The van der Waals surface area contributed by atoms with Crippen LogP contribution in [0, 0.1) is 0 Å². The molecule has 0 spiro atoms. The molecule has 0 saturated heterocycles. The minimum atomic E-state index is 0.0181. The summed E-state index contributed by atoms with van der Waals surface area (Å²) < 4.78 is 5.76. The van der Waals surface area contributed by atoms with Crippen molar-refractivity contribution >= 4 is 11.6 Å². The minimum Gasteiger partial charge on any atom is -0.491 e. The van der Waals surface area contributed by atoms with Crippen molar-refractivity contribution < 1.29 is 9.53 Å². The maximum Gasteiger partial charge on any atom is 0.224 e. The molecule has 3 nitrogen and oxygen atoms in total. The molecule has 2 aromatic rings. The van der Waals surface area contributed by atoms with Gasteiger partial charge in [-0.1, -0.05) is 43.3 Å². The molecule has 1 amide bonds. The Bertz CT molecular complexity index is 595. The van der Waals surface area contributed by atoms with Gasteiger partial charge >= 0.3 is 0 Å². The molecule has 0 aliphatic carbocycles. The second-order valence-corrected chi connectivity index (χ2v) is 5.40. The van der Waals surface area contributed by atoms with E-state index in [9.17, 15) is 4.79 Å². The fraction of sp³-hybridized carbons (Fsp3) is 0.316. The van der Waals surface area contributed by atoms with Crippen LogP contribution in [0.4, 0.5) is 5.69 Å². The second kappa shape index (κ2) is 8.23. The summed E-state index contributed by atoms with van der Waals surface area (Å²) in [5.74, 6) is 0.805. The molecule has 0 aliphatic rings. The Kier molecular flexibility index (Phi) is 6.01. The number of carbonyl (C=O) groups is 1. The van der Waals surface area contributed by atoms with Gasteiger partial charge in [0.05, 0.1) is 6.10 Å². The van der Waals surface area contributed by atoms with Crippen LogP contribution in [0.15, 0.2) is 54.6 Å². The fourth-order valence-electron chi connectivity index (χ4n) is 2.09. The standard InChI is InChI=1S/C19H23NO2/c1-3-15(2)22-18-11-7-10-17(14-18)20-19(21)13-12-16-8-5-4-6-9-16/h4-11,14-15H,3,12-13H2,1-2H3,(H,20,21). The van der Waals surface area contributed by atoms with Gasteiger partial charge in [-0.15, -0.1) is 0 Å². The third kappa shape index (κ3) is 5.24. The van der Waals surface area contributed by atoms with E-state index in [1.165, 1.54) is 5.56 Å². The van der Waals surface area contributed by atoms with Crippen LogP contribution < -0.4 is 10.1 Å². The van der Waals surface area contributed by atoms with Gasteiger partial charge in [-0.3, -0.25) is 4.79 Å². The molecule has 1 atom stereocenters. The SMILES string of the molecule is CCC(C)Oc1cccc(NC(=O)CCc2ccccc2)c1. The molecule has 0 bridgehead atoms. The third-order valence-corrected chi connectivity index (χ3v) is 3.51. The molecule has 0 heterocycles. The molecule has 22 heavy (non-hydrogen) atoms. The summed E-state index contributed by atoms with van der Waals surface area (Å²) in [7, 11) is 0. The molecule has 1 unspecified atom stereocenters. The molecule has 2 aromatic carbocycles. The summed E-state index contributed by atoms with van der Waals surface area (Å²) in [6, 6.07) is 17.6. The van der Waals surface area contributed by atoms with Gasteiger partial charge in [0.25, 0.3) is 0 Å². The van der Waals surface area contributed by atoms with Crippen LogP contribution in [0.5, 0.6) is 5.75 Å². The lowest BCUT2D eigenvalue weighted by molar-refractivity contribution is -0.116. The van der Waals surface area contributed by atoms with Crippen LogP contribution in [0.3, 0.4) is 0 Å². The Morgan fingerprint density at radius 2 is 1.91 bits per heavy atom. The molecule has 1 N–H and O–H groups in total. The van der Waals surface area contributed by atoms with Crippen LogP contribution in [0.25, 0.3) is 0 Å². The highest BCUT2D eigenvalue weighted by atomic mass is 16.5. The van der Waals surface area contributed by atoms with Gasteiger partial charge in [-0.2, -0.15) is 0 Å². The first-order valence-corrected chi connectivity index (χ1v) is 7.78. The van der Waals surface area contributed by atoms with E-state index in [-0.39, 0.29) is 12.0 Å². The summed E-state index contributed by atoms with van der Waals surface area (Å²) in [4.78, 5) is 12.0. The highest BCUT2D eigenvalue weighted by Crippen LogP contribution is 2.19. The maximum atomic E-state index is 12.0. The molecule has 0 aliphatic heterocycles. The van der Waals surface area contributed by atoms with Gasteiger partial charge in [0, 0.05) is 18.2 Å². The number of benzene rings is 2. The van der Waals surface area contributed by atoms with Crippen molar-refractivity contribution in [1.82, 2.24) is 0 Å². The normalized spacial score (nSPS) is 11.7. The Labute approximate surface area is 132 Å². The van der Waals surface area contributed by atoms with E-state index in [0.717, 1.165) is 24.3 Å². The predicted molar refractivity (Wildman–Crippen MR) is 90.2 cm³/mol. The largest absolute Gasteiger partial charge is 0.491 e. The molecular formula is C19H23NO2. The second-order valence-electron chi connectivity index (χ2n) is 5.40. The van der Waals surface area contributed by atoms with E-state index in [0.29, 0.717) is 6.42 Å². The quantitative estimate of drug-likeness (QED) is 0.820. The smallest absolute Gasteiger partial charge is 0.224 e. The molecule has 0 fully saturated rings. The Morgan fingerprint density at radius 1 is 1.14 bits per heavy atom. The first kappa shape index (κ1) is 16.1. The van der Waals surface area contributed by atoms with E-state index in [2.05, 4.69) is 12.2 Å². The highest BCUT2D eigenvalue weighted by Gasteiger charge is 2.05. The van der Waals surface area contributed by atoms with Gasteiger partial charge in [0.15, 0.2) is 0 Å². The zero-order valence-corrected chi connectivity index (χ0v) is 13.2. The number of aryl methyl sites for hydroxylation is 1. The van der Waals surface area contributed by atoms with E-state index < -0.39 is 0 Å². The van der Waals surface area contributed by atoms with E-state index in [4.69, 9.17) is 4.74 Å². The summed E-state index contributed by atoms with van der Waals surface area (Å²) in [5.41, 5.74) is 1.95. The van der Waals surface area contributed by atoms with Crippen molar-refractivity contribution in [2.24, 2.45) is 0 Å². The summed E-state index contributed by atoms with van der Waals surface area (Å²) in [6.07, 6.45) is 2.34. The van der Waals surface area contributed by atoms with E-state index >= 15 is 0 Å². The molecule has 3 heteroatoms. The Balaban J connectivity index is 1.87. The molecule has 0 aromatic heterocycles. The van der Waals surface area contributed by atoms with E-state index in [1.807, 2.05) is 61.5 Å². The summed E-state index contributed by atoms with van der Waals surface area (Å²) >= 11 is 0. The summed E-state index contributed by atoms with van der Waals surface area (Å²) in [6.45, 7) is 4.12. The number of anilines is 1. The van der Waals surface area contributed by atoms with Gasteiger partial charge in [0.1, 0.15) is 5.75 Å². The lowest BCUT2D eigenvalue weighted by atomic mass is 10.1. The number of rotatable bonds is 7. The van der Waals surface area contributed by atoms with Gasteiger partial charge < -0.3 is 10.1 Å². The topological polar surface area (TPSA) is 38.3 Å². The average Bonchev–Trinajstić information content (AvgIpc) is 2.54. The van der Waals surface area contributed by atoms with Crippen LogP contribution >= 0.6 is 0 Å². The fourth-order valence-corrected chi connectivity index (χ4v) is 2.09. The van der Waals surface area contributed by atoms with Crippen LogP contribution in [-0.4, -0.2) is 12.0 Å². The number of hydrogen-bond acceptors (Lipinski definition) is 2. The van der Waals surface area contributed by atoms with Crippen molar-refractivity contribution in [1.29, 1.82) is 0 Å². The lowest BCUT2D eigenvalue weighted by Gasteiger charge is -2.13. The summed E-state index contributed by atoms with van der Waals surface area (Å²) in [5, 5.41) is 2.92. The zero-order valence-electron chi connectivity index (χ0n) is 13.2. The number of ether oxygens (including phenoxy) is 1. The van der Waals surface area contributed by atoms with Crippen molar-refractivity contribution in [3.63, 3.8) is 0 Å². The molecule has 0 radical (unpaired) electrons. The van der Waals surface area contributed by atoms with Crippen molar-refractivity contribution in [3.8, 4) is 5.75 Å². The molecule has 0 saturated carbocycles. The third-order valence-electron chi connectivity index (χ3n) is 3.51.